The molecular weight excluding hydrogens is 732 g/mol. The van der Waals surface area contributed by atoms with Crippen molar-refractivity contribution < 1.29 is 33.4 Å². The highest BCUT2D eigenvalue weighted by atomic mass is 35.5. The minimum atomic E-state index is -2.14. The lowest BCUT2D eigenvalue weighted by Gasteiger charge is -2.50. The van der Waals surface area contributed by atoms with Gasteiger partial charge in [0.1, 0.15) is 5.82 Å². The van der Waals surface area contributed by atoms with Crippen LogP contribution in [0.4, 0.5) is 10.1 Å². The Morgan fingerprint density at radius 2 is 1.62 bits per heavy atom. The van der Waals surface area contributed by atoms with Crippen LogP contribution in [0, 0.1) is 23.6 Å². The number of hydrogen-bond donors (Lipinski definition) is 1. The number of carbonyl (C=O) groups is 4. The lowest BCUT2D eigenvalue weighted by atomic mass is 9.56. The van der Waals surface area contributed by atoms with Crippen LogP contribution in [0.3, 0.4) is 0 Å². The molecule has 13 heteroatoms. The predicted molar refractivity (Wildman–Crippen MR) is 193 cm³/mol. The Balaban J connectivity index is 1.17. The molecule has 5 aliphatic rings. The van der Waals surface area contributed by atoms with Gasteiger partial charge in [-0.2, -0.15) is 0 Å². The van der Waals surface area contributed by atoms with Crippen LogP contribution in [0.5, 0.6) is 11.5 Å². The van der Waals surface area contributed by atoms with Crippen LogP contribution >= 0.6 is 34.8 Å². The van der Waals surface area contributed by atoms with E-state index >= 15 is 0 Å². The van der Waals surface area contributed by atoms with E-state index < -0.39 is 51.1 Å². The number of phenols is 1. The fourth-order valence-corrected chi connectivity index (χ4v) is 10.4. The first kappa shape index (κ1) is 35.1. The van der Waals surface area contributed by atoms with Crippen molar-refractivity contribution in [3.63, 3.8) is 0 Å². The van der Waals surface area contributed by atoms with Crippen molar-refractivity contribution in [3.05, 3.63) is 100 Å². The van der Waals surface area contributed by atoms with E-state index in [9.17, 15) is 28.7 Å². The second-order valence-electron chi connectivity index (χ2n) is 14.3. The molecule has 6 atom stereocenters. The second kappa shape index (κ2) is 12.9. The first-order chi connectivity index (χ1) is 24.9. The van der Waals surface area contributed by atoms with Crippen molar-refractivity contribution in [3.8, 4) is 11.5 Å². The van der Waals surface area contributed by atoms with Crippen LogP contribution in [0.2, 0.25) is 5.02 Å². The van der Waals surface area contributed by atoms with E-state index in [0.717, 1.165) is 36.7 Å². The number of nitrogens with zero attached hydrogens (tertiary/aromatic N) is 3. The molecule has 3 aliphatic heterocycles. The number of likely N-dealkylation sites (tertiary alicyclic amines) is 2. The molecule has 0 aromatic heterocycles. The number of imide groups is 2. The van der Waals surface area contributed by atoms with Gasteiger partial charge in [0.2, 0.25) is 11.8 Å². The van der Waals surface area contributed by atoms with Gasteiger partial charge in [-0.05, 0) is 79.1 Å². The number of ether oxygens (including phenoxy) is 1. The molecule has 0 bridgehead atoms. The van der Waals surface area contributed by atoms with Crippen molar-refractivity contribution in [2.45, 2.75) is 53.9 Å². The Morgan fingerprint density at radius 3 is 2.29 bits per heavy atom. The Hall–Kier alpha value is -3.96. The van der Waals surface area contributed by atoms with Crippen LogP contribution in [0.25, 0.3) is 0 Å². The smallest absolute Gasteiger partial charge is 0.258 e. The zero-order valence-electron chi connectivity index (χ0n) is 28.1. The summed E-state index contributed by atoms with van der Waals surface area (Å²) in [5.74, 6) is -6.48. The predicted octanol–water partition coefficient (Wildman–Crippen LogP) is 6.42. The number of aromatic hydroxyl groups is 1. The zero-order chi connectivity index (χ0) is 36.7. The first-order valence-corrected chi connectivity index (χ1v) is 18.4. The van der Waals surface area contributed by atoms with Crippen LogP contribution in [0.1, 0.15) is 42.7 Å². The minimum Gasteiger partial charge on any atom is -0.503 e. The number of hydrogen-bond acceptors (Lipinski definition) is 7. The average Bonchev–Trinajstić information content (AvgIpc) is 3.48. The molecule has 1 saturated carbocycles. The number of alkyl halides is 2. The Kier molecular flexibility index (Phi) is 8.68. The van der Waals surface area contributed by atoms with Gasteiger partial charge in [0.05, 0.1) is 29.7 Å². The number of anilines is 1. The number of halogens is 4. The maximum absolute atomic E-state index is 14.6. The van der Waals surface area contributed by atoms with Gasteiger partial charge in [0.25, 0.3) is 11.8 Å². The number of amides is 4. The fraction of sp³-hybridized carbons (Fsp3) is 0.385. The molecule has 1 N–H and O–H groups in total. The molecule has 9 nitrogen and oxygen atoms in total. The maximum atomic E-state index is 14.6. The molecule has 3 aromatic rings. The van der Waals surface area contributed by atoms with Gasteiger partial charge in [0.15, 0.2) is 21.2 Å². The number of benzene rings is 3. The van der Waals surface area contributed by atoms with Crippen molar-refractivity contribution in [1.29, 1.82) is 0 Å². The number of rotatable bonds is 6. The standard InChI is InChI=1S/C39H35Cl3FN3O6/c1-52-30-18-22(17-29(40)33(30)47)32-26-11-12-27-31(35(49)45(34(27)48)25-13-15-44(16-14-25)20-21-5-3-2-4-6-21)28(26)19-38(41)36(50)46(37(51)39(32,38)42)24-9-7-23(43)8-10-24/h2-11,17-18,25,27-28,31-32,47H,12-16,19-20H2,1H3/t27-,28+,31-,32-,38+,39-/m0/s1. The zero-order valence-corrected chi connectivity index (χ0v) is 30.4. The molecule has 0 radical (unpaired) electrons. The molecular formula is C39H35Cl3FN3O6. The van der Waals surface area contributed by atoms with Crippen molar-refractivity contribution in [2.75, 3.05) is 25.1 Å². The van der Waals surface area contributed by atoms with E-state index in [2.05, 4.69) is 17.0 Å². The summed E-state index contributed by atoms with van der Waals surface area (Å²) in [6.45, 7) is 2.22. The third kappa shape index (κ3) is 5.12. The van der Waals surface area contributed by atoms with Gasteiger partial charge < -0.3 is 9.84 Å². The number of fused-ring (bicyclic) bond motifs is 4. The van der Waals surface area contributed by atoms with E-state index in [0.29, 0.717) is 24.0 Å². The molecule has 3 heterocycles. The summed E-state index contributed by atoms with van der Waals surface area (Å²) in [6.07, 6.45) is 3.13. The summed E-state index contributed by atoms with van der Waals surface area (Å²) >= 11 is 21.4. The summed E-state index contributed by atoms with van der Waals surface area (Å²) in [5.41, 5.74) is 2.19. The molecule has 2 aliphatic carbocycles. The summed E-state index contributed by atoms with van der Waals surface area (Å²) in [6, 6.07) is 17.6. The highest BCUT2D eigenvalue weighted by Gasteiger charge is 2.76. The second-order valence-corrected chi connectivity index (χ2v) is 16.0. The molecule has 4 fully saturated rings. The molecule has 0 spiro atoms. The molecule has 3 aromatic carbocycles. The molecule has 270 valence electrons. The van der Waals surface area contributed by atoms with E-state index in [-0.39, 0.29) is 52.9 Å². The monoisotopic (exact) mass is 765 g/mol. The third-order valence-corrected chi connectivity index (χ3v) is 13.4. The maximum Gasteiger partial charge on any atom is 0.258 e. The topological polar surface area (TPSA) is 107 Å². The van der Waals surface area contributed by atoms with Gasteiger partial charge in [-0.25, -0.2) is 9.29 Å². The van der Waals surface area contributed by atoms with E-state index in [4.69, 9.17) is 39.5 Å². The summed E-state index contributed by atoms with van der Waals surface area (Å²) in [4.78, 5) is 58.2. The quantitative estimate of drug-likeness (QED) is 0.175. The number of allylic oxidation sites excluding steroid dienone is 2. The van der Waals surface area contributed by atoms with Crippen molar-refractivity contribution in [1.82, 2.24) is 9.80 Å². The van der Waals surface area contributed by atoms with Gasteiger partial charge in [-0.15, -0.1) is 23.2 Å². The SMILES string of the molecule is COc1cc([C@H]2C3=CC[C@@H]4C(=O)N(C5CCN(Cc6ccccc6)CC5)C(=O)[C@@H]4[C@@H]3C[C@@]3(Cl)C(=O)N(c4ccc(F)cc4)C(=O)[C@@]23Cl)cc(Cl)c1O. The van der Waals surface area contributed by atoms with E-state index in [1.807, 2.05) is 24.3 Å². The van der Waals surface area contributed by atoms with E-state index in [1.54, 1.807) is 0 Å². The largest absolute Gasteiger partial charge is 0.503 e. The molecule has 3 saturated heterocycles. The Labute approximate surface area is 314 Å². The normalized spacial score (nSPS) is 30.7. The average molecular weight is 767 g/mol. The van der Waals surface area contributed by atoms with Crippen LogP contribution in [-0.2, 0) is 25.7 Å². The number of phenolic OH excluding ortho intramolecular Hbond substituents is 1. The molecule has 52 heavy (non-hydrogen) atoms. The molecule has 4 amide bonds. The number of methoxy groups -OCH3 is 1. The van der Waals surface area contributed by atoms with Gasteiger partial charge in [-0.3, -0.25) is 29.0 Å². The van der Waals surface area contributed by atoms with Crippen LogP contribution in [-0.4, -0.2) is 74.5 Å². The van der Waals surface area contributed by atoms with E-state index in [1.165, 1.54) is 41.8 Å². The number of piperidine rings is 1. The first-order valence-electron chi connectivity index (χ1n) is 17.3. The lowest BCUT2D eigenvalue weighted by Crippen LogP contribution is -2.60. The van der Waals surface area contributed by atoms with Crippen molar-refractivity contribution in [2.24, 2.45) is 17.8 Å². The highest BCUT2D eigenvalue weighted by molar-refractivity contribution is 6.58. The fourth-order valence-electron chi connectivity index (χ4n) is 9.25. The summed E-state index contributed by atoms with van der Waals surface area (Å²) < 4.78 is 19.3. The highest BCUT2D eigenvalue weighted by Crippen LogP contribution is 2.66. The van der Waals surface area contributed by atoms with Crippen LogP contribution in [0.15, 0.2) is 78.4 Å². The third-order valence-electron chi connectivity index (χ3n) is 11.7. The molecule has 0 unspecified atom stereocenters. The van der Waals surface area contributed by atoms with Gasteiger partial charge in [-0.1, -0.05) is 53.6 Å². The minimum absolute atomic E-state index is 0.00316. The Morgan fingerprint density at radius 1 is 0.923 bits per heavy atom. The van der Waals surface area contributed by atoms with Crippen LogP contribution < -0.4 is 9.64 Å². The summed E-state index contributed by atoms with van der Waals surface area (Å²) in [7, 11) is 1.34. The summed E-state index contributed by atoms with van der Waals surface area (Å²) in [5, 5.41) is 10.5. The Bertz CT molecular complexity index is 2020. The lowest BCUT2D eigenvalue weighted by molar-refractivity contribution is -0.144. The molecule has 8 rings (SSSR count). The van der Waals surface area contributed by atoms with Crippen molar-refractivity contribution >= 4 is 64.1 Å². The number of carbonyl (C=O) groups excluding carboxylic acids is 4. The van der Waals surface area contributed by atoms with Gasteiger partial charge in [0, 0.05) is 31.6 Å². The van der Waals surface area contributed by atoms with Gasteiger partial charge >= 0.3 is 0 Å².